The molecule has 56 valence electrons. The Morgan fingerprint density at radius 2 is 1.91 bits per heavy atom. The fourth-order valence-electron chi connectivity index (χ4n) is 0.823. The Labute approximate surface area is 65.1 Å². The second kappa shape index (κ2) is 3.16. The number of benzene rings is 1. The topological polar surface area (TPSA) is 23.8 Å². The first-order valence-electron chi connectivity index (χ1n) is 3.38. The van der Waals surface area contributed by atoms with E-state index < -0.39 is 6.17 Å². The molecule has 1 rings (SSSR count). The van der Waals surface area contributed by atoms with Crippen molar-refractivity contribution in [3.8, 4) is 6.07 Å². The monoisotopic (exact) mass is 149 g/mol. The van der Waals surface area contributed by atoms with Crippen molar-refractivity contribution in [3.63, 3.8) is 0 Å². The third-order valence-corrected chi connectivity index (χ3v) is 1.50. The van der Waals surface area contributed by atoms with Crippen molar-refractivity contribution in [1.29, 1.82) is 5.26 Å². The smallest absolute Gasteiger partial charge is 0.122 e. The predicted octanol–water partition coefficient (Wildman–Crippen LogP) is 2.59. The highest BCUT2D eigenvalue weighted by molar-refractivity contribution is 5.32. The molecular formula is C9H8FN. The second-order valence-corrected chi connectivity index (χ2v) is 2.35. The van der Waals surface area contributed by atoms with Crippen LogP contribution in [0.15, 0.2) is 24.3 Å². The first-order valence-corrected chi connectivity index (χ1v) is 3.38. The van der Waals surface area contributed by atoms with Crippen LogP contribution in [0.1, 0.15) is 24.2 Å². The Morgan fingerprint density at radius 1 is 1.36 bits per heavy atom. The number of nitriles is 1. The molecule has 11 heavy (non-hydrogen) atoms. The van der Waals surface area contributed by atoms with Crippen LogP contribution in [0.3, 0.4) is 0 Å². The molecule has 0 aliphatic heterocycles. The molecule has 1 atom stereocenters. The number of hydrogen-bond acceptors (Lipinski definition) is 1. The fraction of sp³-hybridized carbons (Fsp3) is 0.222. The lowest BCUT2D eigenvalue weighted by Crippen LogP contribution is -1.84. The number of nitrogens with zero attached hydrogens (tertiary/aromatic N) is 1. The Hall–Kier alpha value is -1.36. The maximum absolute atomic E-state index is 12.6. The van der Waals surface area contributed by atoms with Crippen LogP contribution in [0.25, 0.3) is 0 Å². The van der Waals surface area contributed by atoms with Crippen molar-refractivity contribution in [2.75, 3.05) is 0 Å². The minimum absolute atomic E-state index is 0.564. The summed E-state index contributed by atoms with van der Waals surface area (Å²) >= 11 is 0. The van der Waals surface area contributed by atoms with Gasteiger partial charge in [0.2, 0.25) is 0 Å². The lowest BCUT2D eigenvalue weighted by atomic mass is 10.1. The van der Waals surface area contributed by atoms with E-state index in [-0.39, 0.29) is 0 Å². The second-order valence-electron chi connectivity index (χ2n) is 2.35. The first kappa shape index (κ1) is 7.74. The number of rotatable bonds is 1. The van der Waals surface area contributed by atoms with Crippen molar-refractivity contribution < 1.29 is 4.39 Å². The van der Waals surface area contributed by atoms with E-state index in [9.17, 15) is 4.39 Å². The normalized spacial score (nSPS) is 12.1. The molecule has 0 aliphatic carbocycles. The molecule has 0 spiro atoms. The van der Waals surface area contributed by atoms with Crippen molar-refractivity contribution in [3.05, 3.63) is 35.4 Å². The number of halogens is 1. The molecule has 1 aromatic carbocycles. The molecule has 1 aromatic rings. The molecule has 0 aliphatic rings. The highest BCUT2D eigenvalue weighted by Gasteiger charge is 2.00. The van der Waals surface area contributed by atoms with Gasteiger partial charge in [-0.3, -0.25) is 0 Å². The molecule has 0 unspecified atom stereocenters. The quantitative estimate of drug-likeness (QED) is 0.602. The Balaban J connectivity index is 2.94. The van der Waals surface area contributed by atoms with Crippen LogP contribution >= 0.6 is 0 Å². The van der Waals surface area contributed by atoms with Crippen LogP contribution in [0.2, 0.25) is 0 Å². The summed E-state index contributed by atoms with van der Waals surface area (Å²) in [6.07, 6.45) is -0.956. The van der Waals surface area contributed by atoms with Crippen LogP contribution < -0.4 is 0 Å². The van der Waals surface area contributed by atoms with Crippen LogP contribution in [0.5, 0.6) is 0 Å². The van der Waals surface area contributed by atoms with Crippen LogP contribution in [0, 0.1) is 11.3 Å². The molecule has 0 amide bonds. The van der Waals surface area contributed by atoms with Gasteiger partial charge in [-0.2, -0.15) is 5.26 Å². The minimum atomic E-state index is -0.956. The third kappa shape index (κ3) is 1.78. The molecule has 0 N–H and O–H groups in total. The van der Waals surface area contributed by atoms with Gasteiger partial charge in [0.05, 0.1) is 11.6 Å². The number of hydrogen-bond donors (Lipinski definition) is 0. The van der Waals surface area contributed by atoms with Gasteiger partial charge in [0.1, 0.15) is 6.17 Å². The number of alkyl halides is 1. The van der Waals surface area contributed by atoms with E-state index in [0.717, 1.165) is 0 Å². The lowest BCUT2D eigenvalue weighted by molar-refractivity contribution is 0.374. The Kier molecular flexibility index (Phi) is 2.22. The van der Waals surface area contributed by atoms with Crippen molar-refractivity contribution in [2.24, 2.45) is 0 Å². The molecule has 1 nitrogen and oxygen atoms in total. The predicted molar refractivity (Wildman–Crippen MR) is 40.7 cm³/mol. The maximum Gasteiger partial charge on any atom is 0.122 e. The summed E-state index contributed by atoms with van der Waals surface area (Å²) in [6.45, 7) is 1.47. The van der Waals surface area contributed by atoms with Crippen molar-refractivity contribution >= 4 is 0 Å². The van der Waals surface area contributed by atoms with Crippen LogP contribution in [-0.4, -0.2) is 0 Å². The van der Waals surface area contributed by atoms with Gasteiger partial charge >= 0.3 is 0 Å². The van der Waals surface area contributed by atoms with Gasteiger partial charge in [0.25, 0.3) is 0 Å². The fourth-order valence-corrected chi connectivity index (χ4v) is 0.823. The first-order chi connectivity index (χ1) is 5.24. The summed E-state index contributed by atoms with van der Waals surface area (Å²) in [5, 5.41) is 8.42. The lowest BCUT2D eigenvalue weighted by Gasteiger charge is -1.99. The minimum Gasteiger partial charge on any atom is -0.243 e. The molecular weight excluding hydrogens is 141 g/mol. The van der Waals surface area contributed by atoms with Gasteiger partial charge in [-0.05, 0) is 24.6 Å². The average molecular weight is 149 g/mol. The third-order valence-electron chi connectivity index (χ3n) is 1.50. The summed E-state index contributed by atoms with van der Waals surface area (Å²) < 4.78 is 12.6. The van der Waals surface area contributed by atoms with Crippen molar-refractivity contribution in [1.82, 2.24) is 0 Å². The van der Waals surface area contributed by atoms with E-state index in [1.165, 1.54) is 6.92 Å². The van der Waals surface area contributed by atoms with Gasteiger partial charge in [0, 0.05) is 0 Å². The SMILES string of the molecule is C[C@H](F)c1ccc(C#N)cc1. The highest BCUT2D eigenvalue weighted by atomic mass is 19.1. The van der Waals surface area contributed by atoms with Gasteiger partial charge < -0.3 is 0 Å². The molecule has 0 fully saturated rings. The molecule has 2 heteroatoms. The summed E-state index contributed by atoms with van der Waals surface area (Å²) in [5.74, 6) is 0. The van der Waals surface area contributed by atoms with Crippen molar-refractivity contribution in [2.45, 2.75) is 13.1 Å². The Morgan fingerprint density at radius 3 is 2.27 bits per heavy atom. The molecule has 0 heterocycles. The average Bonchev–Trinajstić information content (AvgIpc) is 2.05. The summed E-state index contributed by atoms with van der Waals surface area (Å²) in [7, 11) is 0. The molecule has 0 saturated heterocycles. The zero-order valence-electron chi connectivity index (χ0n) is 6.21. The van der Waals surface area contributed by atoms with Gasteiger partial charge in [0.15, 0.2) is 0 Å². The van der Waals surface area contributed by atoms with Gasteiger partial charge in [-0.15, -0.1) is 0 Å². The molecule has 0 radical (unpaired) electrons. The summed E-state index contributed by atoms with van der Waals surface area (Å²) in [6, 6.07) is 8.46. The highest BCUT2D eigenvalue weighted by Crippen LogP contribution is 2.15. The van der Waals surface area contributed by atoms with E-state index in [1.54, 1.807) is 24.3 Å². The summed E-state index contributed by atoms with van der Waals surface area (Å²) in [4.78, 5) is 0. The molecule has 0 saturated carbocycles. The molecule has 0 bridgehead atoms. The van der Waals surface area contributed by atoms with E-state index >= 15 is 0 Å². The molecule has 0 aromatic heterocycles. The zero-order chi connectivity index (χ0) is 8.27. The maximum atomic E-state index is 12.6. The Bertz CT molecular complexity index is 269. The van der Waals surface area contributed by atoms with Crippen LogP contribution in [0.4, 0.5) is 4.39 Å². The van der Waals surface area contributed by atoms with E-state index in [0.29, 0.717) is 11.1 Å². The zero-order valence-corrected chi connectivity index (χ0v) is 6.21. The standard InChI is InChI=1S/C9H8FN/c1-7(10)9-4-2-8(6-11)3-5-9/h2-5,7H,1H3/t7-/m0/s1. The van der Waals surface area contributed by atoms with E-state index in [2.05, 4.69) is 0 Å². The van der Waals surface area contributed by atoms with E-state index in [4.69, 9.17) is 5.26 Å². The van der Waals surface area contributed by atoms with Crippen LogP contribution in [-0.2, 0) is 0 Å². The van der Waals surface area contributed by atoms with Gasteiger partial charge in [-0.1, -0.05) is 12.1 Å². The largest absolute Gasteiger partial charge is 0.243 e. The van der Waals surface area contributed by atoms with Gasteiger partial charge in [-0.25, -0.2) is 4.39 Å². The summed E-state index contributed by atoms with van der Waals surface area (Å²) in [5.41, 5.74) is 1.18. The van der Waals surface area contributed by atoms with E-state index in [1.807, 2.05) is 6.07 Å².